The third-order valence-electron chi connectivity index (χ3n) is 3.86. The first-order valence-electron chi connectivity index (χ1n) is 8.32. The van der Waals surface area contributed by atoms with Gasteiger partial charge in [0.05, 0.1) is 30.5 Å². The molecule has 0 spiro atoms. The van der Waals surface area contributed by atoms with Crippen LogP contribution in [0.4, 0.5) is 0 Å². The van der Waals surface area contributed by atoms with Gasteiger partial charge in [0.15, 0.2) is 5.72 Å². The van der Waals surface area contributed by atoms with Crippen LogP contribution in [0.15, 0.2) is 24.3 Å². The van der Waals surface area contributed by atoms with E-state index in [1.807, 2.05) is 0 Å². The van der Waals surface area contributed by atoms with Gasteiger partial charge >= 0.3 is 7.60 Å². The van der Waals surface area contributed by atoms with E-state index in [9.17, 15) is 14.2 Å². The van der Waals surface area contributed by atoms with Gasteiger partial charge in [0.1, 0.15) is 0 Å². The average Bonchev–Trinajstić information content (AvgIpc) is 2.80. The number of amides is 2. The Bertz CT molecular complexity index is 661. The zero-order valence-corrected chi connectivity index (χ0v) is 15.9. The van der Waals surface area contributed by atoms with Gasteiger partial charge in [0.25, 0.3) is 11.8 Å². The predicted octanol–water partition coefficient (Wildman–Crippen LogP) is 3.30. The molecule has 0 bridgehead atoms. The lowest BCUT2D eigenvalue weighted by molar-refractivity contribution is -0.0913. The number of hydrogen-bond donors (Lipinski definition) is 0. The highest BCUT2D eigenvalue weighted by Gasteiger charge is 2.51. The van der Waals surface area contributed by atoms with E-state index in [0.717, 1.165) is 4.90 Å². The SMILES string of the molecule is CCOC(C)(CP(=O)(OCC)OCC)N1C(=O)c2ccccc2C1=O. The summed E-state index contributed by atoms with van der Waals surface area (Å²) in [7, 11) is -3.54. The highest BCUT2D eigenvalue weighted by Crippen LogP contribution is 2.52. The molecule has 2 rings (SSSR count). The van der Waals surface area contributed by atoms with Crippen molar-refractivity contribution in [2.45, 2.75) is 33.4 Å². The lowest BCUT2D eigenvalue weighted by Gasteiger charge is -2.38. The molecular formula is C17H24NO6P. The first-order chi connectivity index (χ1) is 11.8. The van der Waals surface area contributed by atoms with Crippen molar-refractivity contribution in [1.82, 2.24) is 4.90 Å². The molecule has 7 nitrogen and oxygen atoms in total. The molecule has 0 saturated heterocycles. The molecule has 8 heteroatoms. The summed E-state index contributed by atoms with van der Waals surface area (Å²) in [6, 6.07) is 6.56. The van der Waals surface area contributed by atoms with Crippen molar-refractivity contribution in [3.8, 4) is 0 Å². The number of carbonyl (C=O) groups excluding carboxylic acids is 2. The van der Waals surface area contributed by atoms with Gasteiger partial charge in [0, 0.05) is 6.61 Å². The lowest BCUT2D eigenvalue weighted by Crippen LogP contribution is -2.54. The predicted molar refractivity (Wildman–Crippen MR) is 92.7 cm³/mol. The number of nitrogens with zero attached hydrogens (tertiary/aromatic N) is 1. The van der Waals surface area contributed by atoms with Crippen molar-refractivity contribution in [3.05, 3.63) is 35.4 Å². The topological polar surface area (TPSA) is 82.1 Å². The third-order valence-corrected chi connectivity index (χ3v) is 6.14. The van der Waals surface area contributed by atoms with E-state index in [2.05, 4.69) is 0 Å². The van der Waals surface area contributed by atoms with Gasteiger partial charge in [-0.2, -0.15) is 0 Å². The van der Waals surface area contributed by atoms with Gasteiger partial charge in [0.2, 0.25) is 0 Å². The zero-order chi connectivity index (χ0) is 18.7. The summed E-state index contributed by atoms with van der Waals surface area (Å²) in [6.45, 7) is 7.29. The Labute approximate surface area is 147 Å². The van der Waals surface area contributed by atoms with Crippen LogP contribution < -0.4 is 0 Å². The molecular weight excluding hydrogens is 345 g/mol. The standard InChI is InChI=1S/C17H24NO6P/c1-5-22-17(4,12-25(21,23-6-2)24-7-3)18-15(19)13-10-8-9-11-14(13)16(18)20/h8-11H,5-7,12H2,1-4H3. The van der Waals surface area contributed by atoms with Gasteiger partial charge in [-0.25, -0.2) is 4.90 Å². The molecule has 138 valence electrons. The Morgan fingerprint density at radius 2 is 1.44 bits per heavy atom. The van der Waals surface area contributed by atoms with Crippen LogP contribution in [0.25, 0.3) is 0 Å². The summed E-state index contributed by atoms with van der Waals surface area (Å²) in [6.07, 6.45) is -0.235. The van der Waals surface area contributed by atoms with Crippen molar-refractivity contribution in [2.24, 2.45) is 0 Å². The molecule has 0 radical (unpaired) electrons. The molecule has 0 N–H and O–H groups in total. The molecule has 0 aliphatic carbocycles. The van der Waals surface area contributed by atoms with Crippen LogP contribution in [0, 0.1) is 0 Å². The molecule has 1 aromatic carbocycles. The van der Waals surface area contributed by atoms with Gasteiger partial charge in [-0.15, -0.1) is 0 Å². The Hall–Kier alpha value is -1.53. The summed E-state index contributed by atoms with van der Waals surface area (Å²) in [4.78, 5) is 26.6. The molecule has 1 unspecified atom stereocenters. The van der Waals surface area contributed by atoms with Crippen molar-refractivity contribution in [2.75, 3.05) is 26.0 Å². The normalized spacial score (nSPS) is 16.9. The Morgan fingerprint density at radius 3 is 1.84 bits per heavy atom. The third kappa shape index (κ3) is 3.85. The maximum absolute atomic E-state index is 13.0. The summed E-state index contributed by atoms with van der Waals surface area (Å²) in [5.74, 6) is -0.952. The van der Waals surface area contributed by atoms with Gasteiger partial charge in [-0.3, -0.25) is 14.2 Å². The molecule has 1 aliphatic rings. The highest BCUT2D eigenvalue weighted by molar-refractivity contribution is 7.53. The number of carbonyl (C=O) groups is 2. The fourth-order valence-electron chi connectivity index (χ4n) is 2.99. The van der Waals surface area contributed by atoms with E-state index in [1.165, 1.54) is 0 Å². The molecule has 2 amide bonds. The Kier molecular flexibility index (Phi) is 6.16. The van der Waals surface area contributed by atoms with Crippen LogP contribution in [0.3, 0.4) is 0 Å². The zero-order valence-electron chi connectivity index (χ0n) is 15.0. The minimum absolute atomic E-state index is 0.182. The van der Waals surface area contributed by atoms with Crippen molar-refractivity contribution < 1.29 is 27.9 Å². The number of hydrogen-bond acceptors (Lipinski definition) is 6. The first kappa shape index (κ1) is 19.8. The number of imide groups is 1. The molecule has 0 fully saturated rings. The fourth-order valence-corrected chi connectivity index (χ4v) is 4.99. The molecule has 0 aromatic heterocycles. The molecule has 25 heavy (non-hydrogen) atoms. The minimum Gasteiger partial charge on any atom is -0.355 e. The molecule has 1 aromatic rings. The summed E-state index contributed by atoms with van der Waals surface area (Å²) in [5, 5.41) is 0. The molecule has 0 saturated carbocycles. The molecule has 1 atom stereocenters. The van der Waals surface area contributed by atoms with Crippen LogP contribution >= 0.6 is 7.60 Å². The number of ether oxygens (including phenoxy) is 1. The van der Waals surface area contributed by atoms with E-state index in [4.69, 9.17) is 13.8 Å². The lowest BCUT2D eigenvalue weighted by atomic mass is 10.1. The number of benzene rings is 1. The molecule has 1 heterocycles. The van der Waals surface area contributed by atoms with E-state index in [1.54, 1.807) is 52.0 Å². The summed E-state index contributed by atoms with van der Waals surface area (Å²) < 4.78 is 29.3. The summed E-state index contributed by atoms with van der Waals surface area (Å²) in [5.41, 5.74) is -0.830. The maximum Gasteiger partial charge on any atom is 0.335 e. The van der Waals surface area contributed by atoms with E-state index < -0.39 is 25.1 Å². The quantitative estimate of drug-likeness (QED) is 0.491. The smallest absolute Gasteiger partial charge is 0.335 e. The van der Waals surface area contributed by atoms with Crippen molar-refractivity contribution in [1.29, 1.82) is 0 Å². The first-order valence-corrected chi connectivity index (χ1v) is 10.0. The van der Waals surface area contributed by atoms with Gasteiger partial charge < -0.3 is 13.8 Å². The second-order valence-electron chi connectivity index (χ2n) is 5.70. The fraction of sp³-hybridized carbons (Fsp3) is 0.529. The largest absolute Gasteiger partial charge is 0.355 e. The van der Waals surface area contributed by atoms with Crippen molar-refractivity contribution in [3.63, 3.8) is 0 Å². The molecule has 1 aliphatic heterocycles. The van der Waals surface area contributed by atoms with E-state index >= 15 is 0 Å². The van der Waals surface area contributed by atoms with Crippen LogP contribution in [0.1, 0.15) is 48.4 Å². The minimum atomic E-state index is -3.54. The van der Waals surface area contributed by atoms with Gasteiger partial charge in [-0.1, -0.05) is 12.1 Å². The maximum atomic E-state index is 13.0. The van der Waals surface area contributed by atoms with E-state index in [-0.39, 0.29) is 26.0 Å². The second-order valence-corrected chi connectivity index (χ2v) is 7.76. The average molecular weight is 369 g/mol. The second kappa shape index (κ2) is 7.79. The highest BCUT2D eigenvalue weighted by atomic mass is 31.2. The number of fused-ring (bicyclic) bond motifs is 1. The monoisotopic (exact) mass is 369 g/mol. The Morgan fingerprint density at radius 1 is 0.960 bits per heavy atom. The van der Waals surface area contributed by atoms with Crippen LogP contribution in [0.5, 0.6) is 0 Å². The van der Waals surface area contributed by atoms with E-state index in [0.29, 0.717) is 11.1 Å². The van der Waals surface area contributed by atoms with Gasteiger partial charge in [-0.05, 0) is 39.8 Å². The summed E-state index contributed by atoms with van der Waals surface area (Å²) >= 11 is 0. The van der Waals surface area contributed by atoms with Crippen LogP contribution in [-0.4, -0.2) is 48.4 Å². The number of rotatable bonds is 9. The Balaban J connectivity index is 2.42. The van der Waals surface area contributed by atoms with Crippen LogP contribution in [-0.2, 0) is 18.3 Å². The van der Waals surface area contributed by atoms with Crippen LogP contribution in [0.2, 0.25) is 0 Å². The van der Waals surface area contributed by atoms with Crippen molar-refractivity contribution >= 4 is 19.4 Å².